The molecule has 1 amide bonds. The number of carboxylic acid groups (broad SMARTS) is 1. The number of carbonyl (C=O) groups excluding carboxylic acids is 1. The molecule has 0 unspecified atom stereocenters. The highest BCUT2D eigenvalue weighted by atomic mass is 16.4. The Morgan fingerprint density at radius 1 is 1.26 bits per heavy atom. The van der Waals surface area contributed by atoms with Crippen molar-refractivity contribution in [2.24, 2.45) is 5.92 Å². The highest BCUT2D eigenvalue weighted by Gasteiger charge is 2.18. The van der Waals surface area contributed by atoms with E-state index in [-0.39, 0.29) is 24.8 Å². The maximum Gasteiger partial charge on any atom is 0.305 e. The number of aromatic nitrogens is 1. The van der Waals surface area contributed by atoms with Crippen LogP contribution in [0.15, 0.2) is 41.3 Å². The first-order valence-corrected chi connectivity index (χ1v) is 7.47. The fraction of sp³-hybridized carbons (Fsp3) is 0.353. The lowest BCUT2D eigenvalue weighted by molar-refractivity contribution is -0.137. The molecule has 0 aliphatic rings. The van der Waals surface area contributed by atoms with E-state index >= 15 is 0 Å². The number of oxazole rings is 1. The number of hydrogen-bond acceptors (Lipinski definition) is 4. The van der Waals surface area contributed by atoms with E-state index in [1.165, 1.54) is 6.39 Å². The molecule has 0 atom stereocenters. The van der Waals surface area contributed by atoms with Gasteiger partial charge in [-0.15, -0.1) is 0 Å². The van der Waals surface area contributed by atoms with Gasteiger partial charge in [0.1, 0.15) is 0 Å². The van der Waals surface area contributed by atoms with Gasteiger partial charge in [0, 0.05) is 24.2 Å². The van der Waals surface area contributed by atoms with Crippen molar-refractivity contribution >= 4 is 11.9 Å². The van der Waals surface area contributed by atoms with E-state index in [4.69, 9.17) is 9.52 Å². The van der Waals surface area contributed by atoms with Gasteiger partial charge in [0.15, 0.2) is 12.2 Å². The van der Waals surface area contributed by atoms with Gasteiger partial charge in [0.2, 0.25) is 0 Å². The number of aliphatic carboxylic acids is 1. The quantitative estimate of drug-likeness (QED) is 0.849. The molecule has 122 valence electrons. The second-order valence-electron chi connectivity index (χ2n) is 5.73. The van der Waals surface area contributed by atoms with Crippen molar-refractivity contribution in [1.82, 2.24) is 9.88 Å². The molecule has 2 aromatic rings. The van der Waals surface area contributed by atoms with Gasteiger partial charge in [-0.3, -0.25) is 9.59 Å². The van der Waals surface area contributed by atoms with E-state index < -0.39 is 5.97 Å². The van der Waals surface area contributed by atoms with Crippen LogP contribution in [-0.4, -0.2) is 40.0 Å². The molecule has 0 spiro atoms. The number of benzene rings is 1. The van der Waals surface area contributed by atoms with Crippen LogP contribution in [0.5, 0.6) is 0 Å². The van der Waals surface area contributed by atoms with Crippen LogP contribution in [0.25, 0.3) is 11.3 Å². The Morgan fingerprint density at radius 2 is 1.96 bits per heavy atom. The summed E-state index contributed by atoms with van der Waals surface area (Å²) in [7, 11) is 0. The normalized spacial score (nSPS) is 10.7. The van der Waals surface area contributed by atoms with Crippen molar-refractivity contribution in [3.05, 3.63) is 42.4 Å². The first kappa shape index (κ1) is 16.7. The lowest BCUT2D eigenvalue weighted by atomic mass is 10.1. The van der Waals surface area contributed by atoms with Gasteiger partial charge < -0.3 is 14.4 Å². The summed E-state index contributed by atoms with van der Waals surface area (Å²) in [5.74, 6) is -0.175. The highest BCUT2D eigenvalue weighted by Crippen LogP contribution is 2.19. The molecule has 1 heterocycles. The standard InChI is InChI=1S/C17H20N2O4/c1-12(2)10-19(8-7-16(20)21)17(22)14-5-3-13(4-6-14)15-9-18-11-23-15/h3-6,9,11-12H,7-8,10H2,1-2H3,(H,20,21). The topological polar surface area (TPSA) is 83.6 Å². The fourth-order valence-electron chi connectivity index (χ4n) is 2.27. The van der Waals surface area contributed by atoms with Crippen LogP contribution in [0, 0.1) is 5.92 Å². The summed E-state index contributed by atoms with van der Waals surface area (Å²) in [5.41, 5.74) is 1.36. The van der Waals surface area contributed by atoms with Crippen molar-refractivity contribution in [3.8, 4) is 11.3 Å². The van der Waals surface area contributed by atoms with Crippen molar-refractivity contribution < 1.29 is 19.1 Å². The van der Waals surface area contributed by atoms with Crippen LogP contribution in [0.1, 0.15) is 30.6 Å². The Balaban J connectivity index is 2.13. The largest absolute Gasteiger partial charge is 0.481 e. The first-order chi connectivity index (χ1) is 11.0. The molecule has 6 heteroatoms. The molecule has 1 aromatic heterocycles. The van der Waals surface area contributed by atoms with E-state index in [0.717, 1.165) is 5.56 Å². The van der Waals surface area contributed by atoms with Crippen LogP contribution >= 0.6 is 0 Å². The van der Waals surface area contributed by atoms with Crippen LogP contribution in [0.2, 0.25) is 0 Å². The molecule has 2 rings (SSSR count). The molecule has 23 heavy (non-hydrogen) atoms. The molecule has 0 saturated heterocycles. The SMILES string of the molecule is CC(C)CN(CCC(=O)O)C(=O)c1ccc(-c2cnco2)cc1. The molecule has 0 aliphatic heterocycles. The Labute approximate surface area is 134 Å². The third-order valence-corrected chi connectivity index (χ3v) is 3.32. The van der Waals surface area contributed by atoms with Crippen molar-refractivity contribution in [3.63, 3.8) is 0 Å². The molecule has 0 bridgehead atoms. The summed E-state index contributed by atoms with van der Waals surface area (Å²) >= 11 is 0. The van der Waals surface area contributed by atoms with Crippen molar-refractivity contribution in [2.45, 2.75) is 20.3 Å². The third-order valence-electron chi connectivity index (χ3n) is 3.32. The van der Waals surface area contributed by atoms with E-state index in [2.05, 4.69) is 4.98 Å². The third kappa shape index (κ3) is 4.67. The second kappa shape index (κ2) is 7.58. The Kier molecular flexibility index (Phi) is 5.51. The van der Waals surface area contributed by atoms with Crippen molar-refractivity contribution in [1.29, 1.82) is 0 Å². The minimum Gasteiger partial charge on any atom is -0.481 e. The number of nitrogens with zero attached hydrogens (tertiary/aromatic N) is 2. The van der Waals surface area contributed by atoms with Gasteiger partial charge in [0.05, 0.1) is 12.6 Å². The molecule has 1 aromatic carbocycles. The second-order valence-corrected chi connectivity index (χ2v) is 5.73. The first-order valence-electron chi connectivity index (χ1n) is 7.47. The molecule has 0 aliphatic carbocycles. The minimum atomic E-state index is -0.910. The number of hydrogen-bond donors (Lipinski definition) is 1. The molecule has 6 nitrogen and oxygen atoms in total. The number of carboxylic acids is 1. The average Bonchev–Trinajstić information content (AvgIpc) is 3.05. The molecule has 0 radical (unpaired) electrons. The average molecular weight is 316 g/mol. The maximum absolute atomic E-state index is 12.6. The summed E-state index contributed by atoms with van der Waals surface area (Å²) in [6, 6.07) is 7.01. The van der Waals surface area contributed by atoms with Crippen LogP contribution in [-0.2, 0) is 4.79 Å². The zero-order valence-corrected chi connectivity index (χ0v) is 13.2. The van der Waals surface area contributed by atoms with E-state index in [1.807, 2.05) is 13.8 Å². The molecule has 0 fully saturated rings. The zero-order valence-electron chi connectivity index (χ0n) is 13.2. The molecule has 0 saturated carbocycles. The van der Waals surface area contributed by atoms with Gasteiger partial charge in [-0.05, 0) is 18.1 Å². The summed E-state index contributed by atoms with van der Waals surface area (Å²) in [5, 5.41) is 8.84. The van der Waals surface area contributed by atoms with E-state index in [1.54, 1.807) is 35.4 Å². The Bertz CT molecular complexity index is 648. The van der Waals surface area contributed by atoms with Gasteiger partial charge in [-0.2, -0.15) is 0 Å². The van der Waals surface area contributed by atoms with Gasteiger partial charge >= 0.3 is 5.97 Å². The summed E-state index contributed by atoms with van der Waals surface area (Å²) < 4.78 is 5.21. The molecule has 1 N–H and O–H groups in total. The summed E-state index contributed by atoms with van der Waals surface area (Å²) in [6.07, 6.45) is 2.90. The van der Waals surface area contributed by atoms with Gasteiger partial charge in [-0.1, -0.05) is 26.0 Å². The van der Waals surface area contributed by atoms with E-state index in [0.29, 0.717) is 17.9 Å². The minimum absolute atomic E-state index is 0.0609. The maximum atomic E-state index is 12.6. The van der Waals surface area contributed by atoms with Crippen LogP contribution < -0.4 is 0 Å². The highest BCUT2D eigenvalue weighted by molar-refractivity contribution is 5.94. The van der Waals surface area contributed by atoms with E-state index in [9.17, 15) is 9.59 Å². The van der Waals surface area contributed by atoms with Crippen LogP contribution in [0.3, 0.4) is 0 Å². The van der Waals surface area contributed by atoms with Gasteiger partial charge in [0.25, 0.3) is 5.91 Å². The predicted octanol–water partition coefficient (Wildman–Crippen LogP) is 2.91. The Hall–Kier alpha value is -2.63. The summed E-state index contributed by atoms with van der Waals surface area (Å²) in [6.45, 7) is 4.72. The monoisotopic (exact) mass is 316 g/mol. The lowest BCUT2D eigenvalue weighted by Crippen LogP contribution is -2.35. The number of rotatable bonds is 7. The Morgan fingerprint density at radius 3 is 2.48 bits per heavy atom. The van der Waals surface area contributed by atoms with Crippen LogP contribution in [0.4, 0.5) is 0 Å². The lowest BCUT2D eigenvalue weighted by Gasteiger charge is -2.24. The molecular weight excluding hydrogens is 296 g/mol. The summed E-state index contributed by atoms with van der Waals surface area (Å²) in [4.78, 5) is 28.8. The smallest absolute Gasteiger partial charge is 0.305 e. The van der Waals surface area contributed by atoms with Crippen molar-refractivity contribution in [2.75, 3.05) is 13.1 Å². The van der Waals surface area contributed by atoms with Gasteiger partial charge in [-0.25, -0.2) is 4.98 Å². The number of carbonyl (C=O) groups is 2. The number of amides is 1. The zero-order chi connectivity index (χ0) is 16.8. The predicted molar refractivity (Wildman–Crippen MR) is 84.9 cm³/mol. The molecular formula is C17H20N2O4. The fourth-order valence-corrected chi connectivity index (χ4v) is 2.27.